The standard InChI is InChI=1S/C18H22FN3O4S/c19-14-3-1-12(2-4-14)11-18(16(23)20-17(24)21-18)13-7-9-22(10-8-13)27(25,26)15-5-6-15/h1-4,13,15H,5-11H2,(H2,20,21,23,24). The Morgan fingerprint density at radius 3 is 2.22 bits per heavy atom. The summed E-state index contributed by atoms with van der Waals surface area (Å²) in [6.07, 6.45) is 2.65. The molecule has 2 saturated heterocycles. The van der Waals surface area contributed by atoms with Crippen molar-refractivity contribution in [3.63, 3.8) is 0 Å². The molecule has 7 nitrogen and oxygen atoms in total. The average Bonchev–Trinajstić information content (AvgIpc) is 3.45. The molecular formula is C18H22FN3O4S. The maximum Gasteiger partial charge on any atom is 0.322 e. The quantitative estimate of drug-likeness (QED) is 0.731. The molecule has 1 aliphatic carbocycles. The van der Waals surface area contributed by atoms with E-state index in [9.17, 15) is 22.4 Å². The second kappa shape index (κ2) is 6.56. The van der Waals surface area contributed by atoms with Crippen molar-refractivity contribution < 1.29 is 22.4 Å². The molecule has 1 saturated carbocycles. The number of carbonyl (C=O) groups excluding carboxylic acids is 2. The average molecular weight is 395 g/mol. The molecule has 2 heterocycles. The van der Waals surface area contributed by atoms with Crippen molar-refractivity contribution in [1.29, 1.82) is 0 Å². The zero-order chi connectivity index (χ0) is 19.2. The Hall–Kier alpha value is -2.00. The lowest BCUT2D eigenvalue weighted by atomic mass is 9.74. The number of nitrogens with zero attached hydrogens (tertiary/aromatic N) is 1. The van der Waals surface area contributed by atoms with E-state index in [1.54, 1.807) is 12.1 Å². The molecule has 146 valence electrons. The number of halogens is 1. The number of hydrogen-bond donors (Lipinski definition) is 2. The highest BCUT2D eigenvalue weighted by Crippen LogP contribution is 2.37. The van der Waals surface area contributed by atoms with Crippen molar-refractivity contribution in [2.75, 3.05) is 13.1 Å². The third-order valence-corrected chi connectivity index (χ3v) is 8.22. The van der Waals surface area contributed by atoms with Crippen LogP contribution in [0.4, 0.5) is 9.18 Å². The van der Waals surface area contributed by atoms with Crippen LogP contribution < -0.4 is 10.6 Å². The Morgan fingerprint density at radius 1 is 1.07 bits per heavy atom. The number of nitrogens with one attached hydrogen (secondary N) is 2. The molecular weight excluding hydrogens is 373 g/mol. The van der Waals surface area contributed by atoms with Gasteiger partial charge in [-0.3, -0.25) is 10.1 Å². The molecule has 4 rings (SSSR count). The summed E-state index contributed by atoms with van der Waals surface area (Å²) < 4.78 is 39.6. The number of imide groups is 1. The molecule has 0 bridgehead atoms. The topological polar surface area (TPSA) is 95.6 Å². The molecule has 0 aromatic heterocycles. The first-order valence-corrected chi connectivity index (χ1v) is 10.7. The fraction of sp³-hybridized carbons (Fsp3) is 0.556. The largest absolute Gasteiger partial charge is 0.323 e. The predicted molar refractivity (Wildman–Crippen MR) is 95.7 cm³/mol. The van der Waals surface area contributed by atoms with Crippen molar-refractivity contribution >= 4 is 22.0 Å². The number of benzene rings is 1. The van der Waals surface area contributed by atoms with Crippen molar-refractivity contribution in [2.45, 2.75) is 42.9 Å². The maximum atomic E-state index is 13.2. The van der Waals surface area contributed by atoms with E-state index in [-0.39, 0.29) is 23.4 Å². The number of hydrogen-bond acceptors (Lipinski definition) is 4. The summed E-state index contributed by atoms with van der Waals surface area (Å²) >= 11 is 0. The number of urea groups is 1. The van der Waals surface area contributed by atoms with Crippen LogP contribution in [0.15, 0.2) is 24.3 Å². The van der Waals surface area contributed by atoms with Crippen LogP contribution in [-0.4, -0.2) is 48.5 Å². The zero-order valence-corrected chi connectivity index (χ0v) is 15.6. The van der Waals surface area contributed by atoms with Gasteiger partial charge in [0.1, 0.15) is 11.4 Å². The van der Waals surface area contributed by atoms with E-state index in [0.29, 0.717) is 25.9 Å². The Morgan fingerprint density at radius 2 is 1.70 bits per heavy atom. The Kier molecular flexibility index (Phi) is 4.46. The van der Waals surface area contributed by atoms with Crippen LogP contribution in [0, 0.1) is 11.7 Å². The van der Waals surface area contributed by atoms with Gasteiger partial charge in [0.25, 0.3) is 5.91 Å². The number of piperidine rings is 1. The lowest BCUT2D eigenvalue weighted by molar-refractivity contribution is -0.126. The number of amides is 3. The number of sulfonamides is 1. The van der Waals surface area contributed by atoms with Gasteiger partial charge in [-0.1, -0.05) is 12.1 Å². The van der Waals surface area contributed by atoms with Gasteiger partial charge in [0.05, 0.1) is 5.25 Å². The molecule has 2 N–H and O–H groups in total. The zero-order valence-electron chi connectivity index (χ0n) is 14.8. The monoisotopic (exact) mass is 395 g/mol. The fourth-order valence-corrected chi connectivity index (χ4v) is 6.04. The van der Waals surface area contributed by atoms with E-state index < -0.39 is 27.5 Å². The van der Waals surface area contributed by atoms with Crippen LogP contribution in [0.25, 0.3) is 0 Å². The predicted octanol–water partition coefficient (Wildman–Crippen LogP) is 1.15. The molecule has 9 heteroatoms. The molecule has 0 radical (unpaired) electrons. The Balaban J connectivity index is 1.54. The van der Waals surface area contributed by atoms with Crippen molar-refractivity contribution in [1.82, 2.24) is 14.9 Å². The highest BCUT2D eigenvalue weighted by atomic mass is 32.2. The van der Waals surface area contributed by atoms with Crippen LogP contribution >= 0.6 is 0 Å². The van der Waals surface area contributed by atoms with E-state index in [2.05, 4.69) is 10.6 Å². The summed E-state index contributed by atoms with van der Waals surface area (Å²) in [6, 6.07) is 5.30. The lowest BCUT2D eigenvalue weighted by Crippen LogP contribution is -2.58. The third kappa shape index (κ3) is 3.34. The second-order valence-electron chi connectivity index (χ2n) is 7.60. The van der Waals surface area contributed by atoms with Gasteiger partial charge in [0, 0.05) is 19.5 Å². The SMILES string of the molecule is O=C1NC(=O)C(Cc2ccc(F)cc2)(C2CCN(S(=O)(=O)C3CC3)CC2)N1. The first-order chi connectivity index (χ1) is 12.8. The molecule has 1 aromatic rings. The molecule has 3 fully saturated rings. The van der Waals surface area contributed by atoms with Crippen LogP contribution in [-0.2, 0) is 21.2 Å². The minimum Gasteiger partial charge on any atom is -0.323 e. The summed E-state index contributed by atoms with van der Waals surface area (Å²) in [7, 11) is -3.24. The van der Waals surface area contributed by atoms with Gasteiger partial charge >= 0.3 is 6.03 Å². The van der Waals surface area contributed by atoms with Gasteiger partial charge in [-0.25, -0.2) is 21.9 Å². The van der Waals surface area contributed by atoms with Crippen LogP contribution in [0.5, 0.6) is 0 Å². The highest BCUT2D eigenvalue weighted by molar-refractivity contribution is 7.90. The van der Waals surface area contributed by atoms with Crippen LogP contribution in [0.1, 0.15) is 31.2 Å². The lowest BCUT2D eigenvalue weighted by Gasteiger charge is -2.40. The molecule has 27 heavy (non-hydrogen) atoms. The van der Waals surface area contributed by atoms with E-state index in [0.717, 1.165) is 18.4 Å². The molecule has 3 amide bonds. The van der Waals surface area contributed by atoms with E-state index in [1.807, 2.05) is 0 Å². The molecule has 3 aliphatic rings. The summed E-state index contributed by atoms with van der Waals surface area (Å²) in [5, 5.41) is 4.84. The smallest absolute Gasteiger partial charge is 0.322 e. The van der Waals surface area contributed by atoms with Gasteiger partial charge in [0.2, 0.25) is 10.0 Å². The van der Waals surface area contributed by atoms with Gasteiger partial charge in [-0.05, 0) is 49.3 Å². The third-order valence-electron chi connectivity index (χ3n) is 5.82. The summed E-state index contributed by atoms with van der Waals surface area (Å²) in [5.41, 5.74) is -0.397. The minimum absolute atomic E-state index is 0.195. The Labute approximate surface area is 157 Å². The van der Waals surface area contributed by atoms with E-state index in [1.165, 1.54) is 16.4 Å². The van der Waals surface area contributed by atoms with Crippen molar-refractivity contribution in [3.8, 4) is 0 Å². The van der Waals surface area contributed by atoms with Crippen molar-refractivity contribution in [3.05, 3.63) is 35.6 Å². The van der Waals surface area contributed by atoms with Gasteiger partial charge in [-0.2, -0.15) is 0 Å². The van der Waals surface area contributed by atoms with Crippen molar-refractivity contribution in [2.24, 2.45) is 5.92 Å². The highest BCUT2D eigenvalue weighted by Gasteiger charge is 2.53. The summed E-state index contributed by atoms with van der Waals surface area (Å²) in [5.74, 6) is -0.966. The van der Waals surface area contributed by atoms with Gasteiger partial charge in [-0.15, -0.1) is 0 Å². The summed E-state index contributed by atoms with van der Waals surface area (Å²) in [6.45, 7) is 0.690. The van der Waals surface area contributed by atoms with Gasteiger partial charge < -0.3 is 5.32 Å². The maximum absolute atomic E-state index is 13.2. The first kappa shape index (κ1) is 18.4. The van der Waals surface area contributed by atoms with Crippen LogP contribution in [0.2, 0.25) is 0 Å². The fourth-order valence-electron chi connectivity index (χ4n) is 4.17. The molecule has 1 atom stereocenters. The molecule has 1 unspecified atom stereocenters. The Bertz CT molecular complexity index is 861. The summed E-state index contributed by atoms with van der Waals surface area (Å²) in [4.78, 5) is 24.5. The minimum atomic E-state index is -3.24. The van der Waals surface area contributed by atoms with E-state index in [4.69, 9.17) is 0 Å². The number of rotatable bonds is 5. The molecule has 1 aromatic carbocycles. The normalized spacial score (nSPS) is 27.4. The van der Waals surface area contributed by atoms with E-state index >= 15 is 0 Å². The molecule has 2 aliphatic heterocycles. The number of carbonyl (C=O) groups is 2. The first-order valence-electron chi connectivity index (χ1n) is 9.18. The molecule has 0 spiro atoms. The van der Waals surface area contributed by atoms with Gasteiger partial charge in [0.15, 0.2) is 0 Å². The second-order valence-corrected chi connectivity index (χ2v) is 9.81. The van der Waals surface area contributed by atoms with Crippen LogP contribution in [0.3, 0.4) is 0 Å².